The van der Waals surface area contributed by atoms with Gasteiger partial charge in [-0.25, -0.2) is 4.79 Å². The summed E-state index contributed by atoms with van der Waals surface area (Å²) < 4.78 is 0. The van der Waals surface area contributed by atoms with E-state index in [1.54, 1.807) is 6.08 Å². The van der Waals surface area contributed by atoms with Gasteiger partial charge < -0.3 is 0 Å². The lowest BCUT2D eigenvalue weighted by molar-refractivity contribution is 0.556. The SMILES string of the molecule is O=C=NC1(c2ccc(C3CCCCCC3)cc2)CC1. The summed E-state index contributed by atoms with van der Waals surface area (Å²) in [6.45, 7) is 0. The Balaban J connectivity index is 1.77. The van der Waals surface area contributed by atoms with Crippen molar-refractivity contribution in [3.8, 4) is 0 Å². The van der Waals surface area contributed by atoms with Gasteiger partial charge in [-0.1, -0.05) is 49.9 Å². The molecule has 0 N–H and O–H groups in total. The quantitative estimate of drug-likeness (QED) is 0.446. The molecule has 2 aliphatic carbocycles. The van der Waals surface area contributed by atoms with Crippen LogP contribution in [0.4, 0.5) is 0 Å². The van der Waals surface area contributed by atoms with Gasteiger partial charge in [0, 0.05) is 0 Å². The van der Waals surface area contributed by atoms with Gasteiger partial charge in [-0.15, -0.1) is 0 Å². The Kier molecular flexibility index (Phi) is 3.52. The summed E-state index contributed by atoms with van der Waals surface area (Å²) in [5.74, 6) is 0.737. The minimum atomic E-state index is -0.219. The normalized spacial score (nSPS) is 22.3. The molecule has 0 saturated heterocycles. The van der Waals surface area contributed by atoms with Gasteiger partial charge in [-0.05, 0) is 42.7 Å². The van der Waals surface area contributed by atoms with Crippen LogP contribution in [0.15, 0.2) is 29.3 Å². The van der Waals surface area contributed by atoms with Gasteiger partial charge >= 0.3 is 0 Å². The molecule has 2 aliphatic rings. The van der Waals surface area contributed by atoms with Crippen LogP contribution in [-0.4, -0.2) is 6.08 Å². The maximum atomic E-state index is 10.5. The summed E-state index contributed by atoms with van der Waals surface area (Å²) in [6.07, 6.45) is 11.9. The molecule has 3 rings (SSSR count). The Labute approximate surface area is 114 Å². The lowest BCUT2D eigenvalue weighted by Crippen LogP contribution is -2.03. The van der Waals surface area contributed by atoms with E-state index in [4.69, 9.17) is 0 Å². The second kappa shape index (κ2) is 5.30. The zero-order valence-corrected chi connectivity index (χ0v) is 11.4. The average Bonchev–Trinajstić information content (AvgIpc) is 3.23. The minimum absolute atomic E-state index is 0.219. The third-order valence-electron chi connectivity index (χ3n) is 4.76. The molecule has 0 unspecified atom stereocenters. The van der Waals surface area contributed by atoms with Gasteiger partial charge in [0.15, 0.2) is 0 Å². The molecule has 0 atom stereocenters. The maximum Gasteiger partial charge on any atom is 0.235 e. The highest BCUT2D eigenvalue weighted by molar-refractivity contribution is 5.42. The number of hydrogen-bond acceptors (Lipinski definition) is 2. The first kappa shape index (κ1) is 12.6. The molecular weight excluding hydrogens is 234 g/mol. The van der Waals surface area contributed by atoms with Crippen LogP contribution in [0.5, 0.6) is 0 Å². The van der Waals surface area contributed by atoms with E-state index in [-0.39, 0.29) is 5.54 Å². The summed E-state index contributed by atoms with van der Waals surface area (Å²) in [6, 6.07) is 8.86. The summed E-state index contributed by atoms with van der Waals surface area (Å²) in [4.78, 5) is 14.5. The van der Waals surface area contributed by atoms with Crippen molar-refractivity contribution < 1.29 is 4.79 Å². The monoisotopic (exact) mass is 255 g/mol. The van der Waals surface area contributed by atoms with Crippen LogP contribution in [-0.2, 0) is 10.3 Å². The standard InChI is InChI=1S/C17H21NO/c19-13-18-17(11-12-17)16-9-7-15(8-10-16)14-5-3-1-2-4-6-14/h7-10,14H,1-6,11-12H2. The number of nitrogens with zero attached hydrogens (tertiary/aromatic N) is 1. The van der Waals surface area contributed by atoms with Crippen molar-refractivity contribution >= 4 is 6.08 Å². The van der Waals surface area contributed by atoms with E-state index < -0.39 is 0 Å². The molecule has 0 amide bonds. The van der Waals surface area contributed by atoms with E-state index in [1.165, 1.54) is 49.7 Å². The summed E-state index contributed by atoms with van der Waals surface area (Å²) in [5.41, 5.74) is 2.44. The first-order chi connectivity index (χ1) is 9.34. The van der Waals surface area contributed by atoms with Crippen molar-refractivity contribution in [3.05, 3.63) is 35.4 Å². The highest BCUT2D eigenvalue weighted by atomic mass is 16.1. The van der Waals surface area contributed by atoms with Crippen molar-refractivity contribution in [2.24, 2.45) is 4.99 Å². The molecule has 0 spiro atoms. The lowest BCUT2D eigenvalue weighted by atomic mass is 9.90. The predicted molar refractivity (Wildman–Crippen MR) is 75.9 cm³/mol. The largest absolute Gasteiger partial charge is 0.235 e. The molecule has 0 heterocycles. The molecule has 2 heteroatoms. The van der Waals surface area contributed by atoms with E-state index >= 15 is 0 Å². The van der Waals surface area contributed by atoms with Crippen LogP contribution in [0.1, 0.15) is 68.4 Å². The molecule has 2 saturated carbocycles. The van der Waals surface area contributed by atoms with Crippen molar-refractivity contribution in [2.75, 3.05) is 0 Å². The Bertz CT molecular complexity index is 472. The molecule has 1 aromatic rings. The van der Waals surface area contributed by atoms with Gasteiger partial charge in [-0.3, -0.25) is 0 Å². The number of rotatable bonds is 3. The molecule has 100 valence electrons. The third kappa shape index (κ3) is 2.64. The second-order valence-corrected chi connectivity index (χ2v) is 6.05. The van der Waals surface area contributed by atoms with Crippen molar-refractivity contribution in [1.82, 2.24) is 0 Å². The van der Waals surface area contributed by atoms with Gasteiger partial charge in [0.2, 0.25) is 6.08 Å². The van der Waals surface area contributed by atoms with Gasteiger partial charge in [-0.2, -0.15) is 4.99 Å². The van der Waals surface area contributed by atoms with Crippen molar-refractivity contribution in [3.63, 3.8) is 0 Å². The molecule has 19 heavy (non-hydrogen) atoms. The highest BCUT2D eigenvalue weighted by Gasteiger charge is 2.44. The fourth-order valence-electron chi connectivity index (χ4n) is 3.35. The van der Waals surface area contributed by atoms with Crippen LogP contribution < -0.4 is 0 Å². The van der Waals surface area contributed by atoms with E-state index in [1.807, 2.05) is 0 Å². The number of isocyanates is 1. The molecule has 0 aromatic heterocycles. The predicted octanol–water partition coefficient (Wildman–Crippen LogP) is 4.45. The van der Waals surface area contributed by atoms with Crippen LogP contribution in [0, 0.1) is 0 Å². The Morgan fingerprint density at radius 2 is 1.63 bits per heavy atom. The van der Waals surface area contributed by atoms with Gasteiger partial charge in [0.25, 0.3) is 0 Å². The number of aliphatic imine (C=N–C) groups is 1. The maximum absolute atomic E-state index is 10.5. The first-order valence-electron chi connectivity index (χ1n) is 7.53. The second-order valence-electron chi connectivity index (χ2n) is 6.05. The molecule has 2 fully saturated rings. The van der Waals surface area contributed by atoms with Crippen molar-refractivity contribution in [2.45, 2.75) is 62.8 Å². The summed E-state index contributed by atoms with van der Waals surface area (Å²) >= 11 is 0. The summed E-state index contributed by atoms with van der Waals surface area (Å²) in [7, 11) is 0. The molecule has 1 aromatic carbocycles. The molecule has 0 aliphatic heterocycles. The Morgan fingerprint density at radius 1 is 1.00 bits per heavy atom. The van der Waals surface area contributed by atoms with E-state index in [9.17, 15) is 4.79 Å². The average molecular weight is 255 g/mol. The first-order valence-corrected chi connectivity index (χ1v) is 7.53. The van der Waals surface area contributed by atoms with Crippen molar-refractivity contribution in [1.29, 1.82) is 0 Å². The number of hydrogen-bond donors (Lipinski definition) is 0. The fourth-order valence-corrected chi connectivity index (χ4v) is 3.35. The number of benzene rings is 1. The molecule has 0 bridgehead atoms. The van der Waals surface area contributed by atoms with Gasteiger partial charge in [0.05, 0.1) is 5.54 Å². The van der Waals surface area contributed by atoms with E-state index in [0.717, 1.165) is 18.8 Å². The molecular formula is C17H21NO. The molecule has 2 nitrogen and oxygen atoms in total. The third-order valence-corrected chi connectivity index (χ3v) is 4.76. The van der Waals surface area contributed by atoms with E-state index in [2.05, 4.69) is 29.3 Å². The number of carbonyl (C=O) groups excluding carboxylic acids is 1. The van der Waals surface area contributed by atoms with Crippen LogP contribution in [0.25, 0.3) is 0 Å². The minimum Gasteiger partial charge on any atom is -0.211 e. The smallest absolute Gasteiger partial charge is 0.211 e. The van der Waals surface area contributed by atoms with Gasteiger partial charge in [0.1, 0.15) is 0 Å². The van der Waals surface area contributed by atoms with Crippen LogP contribution in [0.2, 0.25) is 0 Å². The van der Waals surface area contributed by atoms with Crippen LogP contribution >= 0.6 is 0 Å². The molecule has 0 radical (unpaired) electrons. The van der Waals surface area contributed by atoms with Crippen LogP contribution in [0.3, 0.4) is 0 Å². The lowest BCUT2D eigenvalue weighted by Gasteiger charge is -2.16. The zero-order valence-electron chi connectivity index (χ0n) is 11.4. The Hall–Kier alpha value is -1.40. The fraction of sp³-hybridized carbons (Fsp3) is 0.588. The van der Waals surface area contributed by atoms with E-state index in [0.29, 0.717) is 0 Å². The highest BCUT2D eigenvalue weighted by Crippen LogP contribution is 2.49. The topological polar surface area (TPSA) is 29.4 Å². The zero-order chi connectivity index (χ0) is 13.1. The summed E-state index contributed by atoms with van der Waals surface area (Å²) in [5, 5.41) is 0. The Morgan fingerprint density at radius 3 is 2.16 bits per heavy atom.